The number of nitrogens with one attached hydrogen (secondary N) is 1. The fourth-order valence-corrected chi connectivity index (χ4v) is 2.75. The fourth-order valence-electron chi connectivity index (χ4n) is 2.75. The van der Waals surface area contributed by atoms with Crippen molar-refractivity contribution in [3.63, 3.8) is 0 Å². The lowest BCUT2D eigenvalue weighted by Gasteiger charge is -2.22. The summed E-state index contributed by atoms with van der Waals surface area (Å²) < 4.78 is 0. The van der Waals surface area contributed by atoms with Gasteiger partial charge in [-0.05, 0) is 31.2 Å². The van der Waals surface area contributed by atoms with Crippen LogP contribution in [0.15, 0.2) is 12.3 Å². The van der Waals surface area contributed by atoms with Gasteiger partial charge in [-0.25, -0.2) is 0 Å². The van der Waals surface area contributed by atoms with Gasteiger partial charge in [-0.15, -0.1) is 0 Å². The van der Waals surface area contributed by atoms with Crippen LogP contribution in [0.4, 0.5) is 0 Å². The largest absolute Gasteiger partial charge is 0.394 e. The third-order valence-electron chi connectivity index (χ3n) is 3.86. The molecule has 18 heavy (non-hydrogen) atoms. The predicted octanol–water partition coefficient (Wildman–Crippen LogP) is 0.460. The Labute approximate surface area is 105 Å². The molecule has 98 valence electrons. The summed E-state index contributed by atoms with van der Waals surface area (Å²) in [6.45, 7) is 0.228. The van der Waals surface area contributed by atoms with Crippen molar-refractivity contribution in [3.8, 4) is 0 Å². The molecule has 5 heteroatoms. The zero-order valence-corrected chi connectivity index (χ0v) is 10.2. The summed E-state index contributed by atoms with van der Waals surface area (Å²) in [5, 5.41) is 18.9. The summed E-state index contributed by atoms with van der Waals surface area (Å²) in [4.78, 5) is 17.2. The van der Waals surface area contributed by atoms with Crippen LogP contribution in [0.5, 0.6) is 0 Å². The second-order valence-corrected chi connectivity index (χ2v) is 5.26. The van der Waals surface area contributed by atoms with E-state index in [2.05, 4.69) is 4.98 Å². The number of rotatable bonds is 3. The number of H-pyrrole nitrogens is 1. The Hall–Kier alpha value is -1.33. The summed E-state index contributed by atoms with van der Waals surface area (Å²) >= 11 is 0. The van der Waals surface area contributed by atoms with Crippen LogP contribution in [-0.4, -0.2) is 51.3 Å². The van der Waals surface area contributed by atoms with Gasteiger partial charge < -0.3 is 20.1 Å². The van der Waals surface area contributed by atoms with Crippen LogP contribution in [0.2, 0.25) is 0 Å². The average Bonchev–Trinajstić information content (AvgIpc) is 2.97. The summed E-state index contributed by atoms with van der Waals surface area (Å²) in [5.41, 5.74) is 1.71. The van der Waals surface area contributed by atoms with Gasteiger partial charge in [0.05, 0.1) is 24.3 Å². The average molecular weight is 250 g/mol. The highest BCUT2D eigenvalue weighted by Gasteiger charge is 2.37. The molecular formula is C13H18N2O3. The Balaban J connectivity index is 1.83. The third-order valence-corrected chi connectivity index (χ3v) is 3.86. The van der Waals surface area contributed by atoms with E-state index in [0.717, 1.165) is 18.5 Å². The first-order chi connectivity index (χ1) is 8.70. The number of carbonyl (C=O) groups excluding carboxylic acids is 1. The number of hydrogen-bond donors (Lipinski definition) is 3. The maximum absolute atomic E-state index is 12.5. The topological polar surface area (TPSA) is 76.6 Å². The van der Waals surface area contributed by atoms with E-state index in [-0.39, 0.29) is 18.6 Å². The van der Waals surface area contributed by atoms with E-state index < -0.39 is 6.10 Å². The molecule has 0 radical (unpaired) electrons. The van der Waals surface area contributed by atoms with E-state index in [1.165, 1.54) is 0 Å². The van der Waals surface area contributed by atoms with Crippen molar-refractivity contribution >= 4 is 5.91 Å². The molecule has 1 aliphatic heterocycles. The van der Waals surface area contributed by atoms with Crippen LogP contribution in [0.25, 0.3) is 0 Å². The smallest absolute Gasteiger partial charge is 0.256 e. The van der Waals surface area contributed by atoms with Gasteiger partial charge in [-0.2, -0.15) is 0 Å². The molecule has 2 atom stereocenters. The molecule has 3 rings (SSSR count). The van der Waals surface area contributed by atoms with Crippen LogP contribution >= 0.6 is 0 Å². The first-order valence-electron chi connectivity index (χ1n) is 6.48. The molecular weight excluding hydrogens is 232 g/mol. The van der Waals surface area contributed by atoms with E-state index in [1.54, 1.807) is 17.2 Å². The minimum atomic E-state index is -0.519. The van der Waals surface area contributed by atoms with Gasteiger partial charge in [0.2, 0.25) is 0 Å². The second-order valence-electron chi connectivity index (χ2n) is 5.26. The molecule has 0 spiro atoms. The molecule has 1 aromatic rings. The molecule has 1 saturated carbocycles. The molecule has 2 heterocycles. The monoisotopic (exact) mass is 250 g/mol. The second kappa shape index (κ2) is 4.40. The van der Waals surface area contributed by atoms with Gasteiger partial charge in [0, 0.05) is 18.4 Å². The summed E-state index contributed by atoms with van der Waals surface area (Å²) in [7, 11) is 0. The van der Waals surface area contributed by atoms with Crippen LogP contribution in [0, 0.1) is 0 Å². The number of β-amino-alcohol motifs (C(OH)–C–C–N with tert-alkyl or cyclic N) is 1. The molecule has 3 N–H and O–H groups in total. The fraction of sp³-hybridized carbons (Fsp3) is 0.615. The Morgan fingerprint density at radius 2 is 2.28 bits per heavy atom. The van der Waals surface area contributed by atoms with Gasteiger partial charge in [0.1, 0.15) is 0 Å². The predicted molar refractivity (Wildman–Crippen MR) is 65.3 cm³/mol. The molecule has 5 nitrogen and oxygen atoms in total. The molecule has 1 aromatic heterocycles. The normalized spacial score (nSPS) is 27.8. The number of nitrogens with zero attached hydrogens (tertiary/aromatic N) is 1. The highest BCUT2D eigenvalue weighted by Crippen LogP contribution is 2.41. The van der Waals surface area contributed by atoms with E-state index in [4.69, 9.17) is 0 Å². The zero-order valence-electron chi connectivity index (χ0n) is 10.2. The quantitative estimate of drug-likeness (QED) is 0.729. The Morgan fingerprint density at radius 1 is 1.50 bits per heavy atom. The van der Waals surface area contributed by atoms with Gasteiger partial charge in [0.25, 0.3) is 5.91 Å². The molecule has 2 aliphatic rings. The van der Waals surface area contributed by atoms with Crippen molar-refractivity contribution in [3.05, 3.63) is 23.5 Å². The number of likely N-dealkylation sites (tertiary alicyclic amines) is 1. The lowest BCUT2D eigenvalue weighted by atomic mass is 10.1. The number of aromatic nitrogens is 1. The zero-order chi connectivity index (χ0) is 12.7. The molecule has 0 bridgehead atoms. The van der Waals surface area contributed by atoms with Crippen molar-refractivity contribution in [2.24, 2.45) is 0 Å². The molecule has 1 amide bonds. The van der Waals surface area contributed by atoms with Crippen LogP contribution in [-0.2, 0) is 0 Å². The van der Waals surface area contributed by atoms with Gasteiger partial charge >= 0.3 is 0 Å². The van der Waals surface area contributed by atoms with Crippen molar-refractivity contribution < 1.29 is 15.0 Å². The number of aliphatic hydroxyl groups is 2. The number of amides is 1. The molecule has 2 fully saturated rings. The van der Waals surface area contributed by atoms with Gasteiger partial charge in [-0.1, -0.05) is 0 Å². The van der Waals surface area contributed by atoms with Gasteiger partial charge in [-0.3, -0.25) is 4.79 Å². The number of hydrogen-bond acceptors (Lipinski definition) is 3. The highest BCUT2D eigenvalue weighted by molar-refractivity contribution is 5.96. The minimum Gasteiger partial charge on any atom is -0.394 e. The van der Waals surface area contributed by atoms with E-state index in [1.807, 2.05) is 0 Å². The summed E-state index contributed by atoms with van der Waals surface area (Å²) in [5.74, 6) is 0.410. The molecule has 1 aliphatic carbocycles. The van der Waals surface area contributed by atoms with Gasteiger partial charge in [0.15, 0.2) is 0 Å². The lowest BCUT2D eigenvalue weighted by Crippen LogP contribution is -2.38. The maximum Gasteiger partial charge on any atom is 0.256 e. The van der Waals surface area contributed by atoms with E-state index >= 15 is 0 Å². The Morgan fingerprint density at radius 3 is 2.94 bits per heavy atom. The Bertz CT molecular complexity index is 453. The minimum absolute atomic E-state index is 0.0752. The number of aromatic amines is 1. The maximum atomic E-state index is 12.5. The number of carbonyl (C=O) groups is 1. The van der Waals surface area contributed by atoms with E-state index in [0.29, 0.717) is 24.4 Å². The summed E-state index contributed by atoms with van der Waals surface area (Å²) in [6.07, 6.45) is 4.00. The highest BCUT2D eigenvalue weighted by atomic mass is 16.3. The first-order valence-corrected chi connectivity index (χ1v) is 6.48. The van der Waals surface area contributed by atoms with Crippen molar-refractivity contribution in [1.29, 1.82) is 0 Å². The van der Waals surface area contributed by atoms with Crippen LogP contribution in [0.1, 0.15) is 41.2 Å². The third kappa shape index (κ3) is 1.93. The van der Waals surface area contributed by atoms with Crippen molar-refractivity contribution in [1.82, 2.24) is 9.88 Å². The Kier molecular flexibility index (Phi) is 2.87. The molecule has 0 unspecified atom stereocenters. The van der Waals surface area contributed by atoms with Crippen molar-refractivity contribution in [2.45, 2.75) is 37.3 Å². The van der Waals surface area contributed by atoms with Crippen molar-refractivity contribution in [2.75, 3.05) is 13.2 Å². The SMILES string of the molecule is O=C(c1cc[nH]c1C1CC1)N1C[C@H](O)C[C@H]1CO. The standard InChI is InChI=1S/C13H18N2O3/c16-7-9-5-10(17)6-15(9)13(18)11-3-4-14-12(11)8-1-2-8/h3-4,8-10,14,16-17H,1-2,5-7H2/t9-,10+/m0/s1. The number of aliphatic hydroxyl groups excluding tert-OH is 2. The molecule has 1 saturated heterocycles. The molecule has 0 aromatic carbocycles. The van der Waals surface area contributed by atoms with Crippen LogP contribution in [0.3, 0.4) is 0 Å². The summed E-state index contributed by atoms with van der Waals surface area (Å²) in [6, 6.07) is 1.55. The first kappa shape index (κ1) is 11.7. The lowest BCUT2D eigenvalue weighted by molar-refractivity contribution is 0.0664. The van der Waals surface area contributed by atoms with E-state index in [9.17, 15) is 15.0 Å². The van der Waals surface area contributed by atoms with Crippen LogP contribution < -0.4 is 0 Å².